The fourth-order valence-corrected chi connectivity index (χ4v) is 4.69. The maximum absolute atomic E-state index is 5.59. The molecule has 3 rings (SSSR count). The SMILES string of the molecule is CCCCN1C(=S)N[C@@H](c2ccccn2)[C@H]1c1cc(Br)cs1. The summed E-state index contributed by atoms with van der Waals surface area (Å²) < 4.78 is 1.13. The number of hydrogen-bond acceptors (Lipinski definition) is 3. The molecule has 1 saturated heterocycles. The van der Waals surface area contributed by atoms with E-state index in [2.05, 4.69) is 55.6 Å². The van der Waals surface area contributed by atoms with E-state index >= 15 is 0 Å². The Hall–Kier alpha value is -0.980. The van der Waals surface area contributed by atoms with Gasteiger partial charge < -0.3 is 10.2 Å². The Labute approximate surface area is 148 Å². The van der Waals surface area contributed by atoms with Gasteiger partial charge in [-0.15, -0.1) is 11.3 Å². The van der Waals surface area contributed by atoms with E-state index in [0.29, 0.717) is 0 Å². The number of rotatable bonds is 5. The first-order chi connectivity index (χ1) is 10.7. The molecule has 0 spiro atoms. The van der Waals surface area contributed by atoms with Crippen LogP contribution in [0.5, 0.6) is 0 Å². The second kappa shape index (κ2) is 7.06. The lowest BCUT2D eigenvalue weighted by Gasteiger charge is -2.26. The first-order valence-electron chi connectivity index (χ1n) is 7.42. The van der Waals surface area contributed by atoms with Crippen molar-refractivity contribution in [1.29, 1.82) is 0 Å². The minimum absolute atomic E-state index is 0.108. The second-order valence-corrected chi connectivity index (χ2v) is 7.59. The molecule has 22 heavy (non-hydrogen) atoms. The largest absolute Gasteiger partial charge is 0.352 e. The van der Waals surface area contributed by atoms with Crippen molar-refractivity contribution in [3.8, 4) is 0 Å². The van der Waals surface area contributed by atoms with Crippen LogP contribution in [0.1, 0.15) is 42.4 Å². The predicted octanol–water partition coefficient (Wildman–Crippen LogP) is 4.68. The smallest absolute Gasteiger partial charge is 0.170 e. The highest BCUT2D eigenvalue weighted by Crippen LogP contribution is 2.41. The molecule has 1 aliphatic heterocycles. The topological polar surface area (TPSA) is 28.2 Å². The molecule has 0 aliphatic carbocycles. The van der Waals surface area contributed by atoms with Gasteiger partial charge in [0.2, 0.25) is 0 Å². The molecule has 3 heterocycles. The van der Waals surface area contributed by atoms with Crippen LogP contribution in [0.15, 0.2) is 40.3 Å². The highest BCUT2D eigenvalue weighted by molar-refractivity contribution is 9.10. The normalized spacial score (nSPS) is 21.2. The summed E-state index contributed by atoms with van der Waals surface area (Å²) in [5.41, 5.74) is 1.04. The van der Waals surface area contributed by atoms with E-state index in [1.54, 1.807) is 11.3 Å². The summed E-state index contributed by atoms with van der Waals surface area (Å²) in [6.07, 6.45) is 4.14. The molecule has 1 N–H and O–H groups in total. The molecule has 2 atom stereocenters. The lowest BCUT2D eigenvalue weighted by Crippen LogP contribution is -2.30. The second-order valence-electron chi connectivity index (χ2n) is 5.34. The van der Waals surface area contributed by atoms with Gasteiger partial charge in [-0.25, -0.2) is 0 Å². The fraction of sp³-hybridized carbons (Fsp3) is 0.375. The van der Waals surface area contributed by atoms with E-state index in [1.165, 1.54) is 4.88 Å². The minimum Gasteiger partial charge on any atom is -0.352 e. The standard InChI is InChI=1S/C16H18BrN3S2/c1-2-3-8-20-15(13-9-11(17)10-22-13)14(19-16(20)21)12-6-4-5-7-18-12/h4-7,9-10,14-15H,2-3,8H2,1H3,(H,19,21)/t14-,15+/m0/s1. The zero-order valence-corrected chi connectivity index (χ0v) is 15.5. The summed E-state index contributed by atoms with van der Waals surface area (Å²) in [6, 6.07) is 8.56. The van der Waals surface area contributed by atoms with Gasteiger partial charge in [-0.2, -0.15) is 0 Å². The van der Waals surface area contributed by atoms with Gasteiger partial charge in [-0.05, 0) is 52.8 Å². The van der Waals surface area contributed by atoms with Crippen LogP contribution in [0.3, 0.4) is 0 Å². The van der Waals surface area contributed by atoms with Gasteiger partial charge in [0.1, 0.15) is 0 Å². The first-order valence-corrected chi connectivity index (χ1v) is 9.50. The average Bonchev–Trinajstić information content (AvgIpc) is 3.09. The molecule has 0 unspecified atom stereocenters. The highest BCUT2D eigenvalue weighted by atomic mass is 79.9. The molecule has 0 saturated carbocycles. The predicted molar refractivity (Wildman–Crippen MR) is 99.1 cm³/mol. The fourth-order valence-electron chi connectivity index (χ4n) is 2.77. The van der Waals surface area contributed by atoms with Crippen LogP contribution in [0, 0.1) is 0 Å². The Morgan fingerprint density at radius 2 is 2.32 bits per heavy atom. The summed E-state index contributed by atoms with van der Waals surface area (Å²) in [6.45, 7) is 3.19. The summed E-state index contributed by atoms with van der Waals surface area (Å²) >= 11 is 10.9. The van der Waals surface area contributed by atoms with Crippen LogP contribution in [0.2, 0.25) is 0 Å². The number of halogens is 1. The van der Waals surface area contributed by atoms with Gasteiger partial charge >= 0.3 is 0 Å². The van der Waals surface area contributed by atoms with E-state index in [9.17, 15) is 0 Å². The number of aromatic nitrogens is 1. The molecule has 116 valence electrons. The summed E-state index contributed by atoms with van der Waals surface area (Å²) in [4.78, 5) is 8.16. The Kier molecular flexibility index (Phi) is 5.10. The van der Waals surface area contributed by atoms with Crippen molar-refractivity contribution >= 4 is 44.6 Å². The van der Waals surface area contributed by atoms with E-state index in [1.807, 2.05) is 18.3 Å². The molecule has 0 bridgehead atoms. The van der Waals surface area contributed by atoms with Crippen LogP contribution in [0.25, 0.3) is 0 Å². The number of hydrogen-bond donors (Lipinski definition) is 1. The van der Waals surface area contributed by atoms with Gasteiger partial charge in [0.05, 0.1) is 17.8 Å². The molecule has 0 aromatic carbocycles. The summed E-state index contributed by atoms with van der Waals surface area (Å²) in [7, 11) is 0. The van der Waals surface area contributed by atoms with Crippen LogP contribution >= 0.6 is 39.5 Å². The zero-order chi connectivity index (χ0) is 15.5. The van der Waals surface area contributed by atoms with E-state index < -0.39 is 0 Å². The Balaban J connectivity index is 1.96. The minimum atomic E-state index is 0.108. The third kappa shape index (κ3) is 3.19. The van der Waals surface area contributed by atoms with Crippen molar-refractivity contribution in [1.82, 2.24) is 15.2 Å². The third-order valence-corrected chi connectivity index (χ3v) is 5.95. The van der Waals surface area contributed by atoms with Gasteiger partial charge in [-0.1, -0.05) is 19.4 Å². The maximum atomic E-state index is 5.59. The third-order valence-electron chi connectivity index (χ3n) is 3.83. The quantitative estimate of drug-likeness (QED) is 0.743. The first kappa shape index (κ1) is 15.9. The highest BCUT2D eigenvalue weighted by Gasteiger charge is 2.40. The van der Waals surface area contributed by atoms with Crippen molar-refractivity contribution in [2.45, 2.75) is 31.8 Å². The number of nitrogens with zero attached hydrogens (tertiary/aromatic N) is 2. The van der Waals surface area contributed by atoms with Crippen LogP contribution in [-0.4, -0.2) is 21.5 Å². The van der Waals surface area contributed by atoms with Crippen molar-refractivity contribution in [3.05, 3.63) is 50.9 Å². The molecular weight excluding hydrogens is 378 g/mol. The van der Waals surface area contributed by atoms with Crippen LogP contribution in [0.4, 0.5) is 0 Å². The summed E-state index contributed by atoms with van der Waals surface area (Å²) in [5.74, 6) is 0. The van der Waals surface area contributed by atoms with Gasteiger partial charge in [0.25, 0.3) is 0 Å². The molecule has 3 nitrogen and oxygen atoms in total. The van der Waals surface area contributed by atoms with Crippen molar-refractivity contribution < 1.29 is 0 Å². The van der Waals surface area contributed by atoms with Gasteiger partial charge in [-0.3, -0.25) is 4.98 Å². The molecule has 1 fully saturated rings. The molecule has 0 radical (unpaired) electrons. The molecule has 2 aromatic rings. The molecule has 6 heteroatoms. The maximum Gasteiger partial charge on any atom is 0.170 e. The van der Waals surface area contributed by atoms with Crippen molar-refractivity contribution in [2.75, 3.05) is 6.54 Å². The lowest BCUT2D eigenvalue weighted by atomic mass is 10.0. The molecule has 2 aromatic heterocycles. The van der Waals surface area contributed by atoms with Crippen molar-refractivity contribution in [3.63, 3.8) is 0 Å². The number of thiophene rings is 1. The number of thiocarbonyl (C=S) groups is 1. The van der Waals surface area contributed by atoms with E-state index in [-0.39, 0.29) is 12.1 Å². The van der Waals surface area contributed by atoms with E-state index in [0.717, 1.165) is 34.7 Å². The van der Waals surface area contributed by atoms with E-state index in [4.69, 9.17) is 12.2 Å². The Bertz CT molecular complexity index is 644. The number of pyridine rings is 1. The molecule has 0 amide bonds. The Morgan fingerprint density at radius 1 is 1.45 bits per heavy atom. The summed E-state index contributed by atoms with van der Waals surface area (Å²) in [5, 5.41) is 6.43. The van der Waals surface area contributed by atoms with Gasteiger partial charge in [0, 0.05) is 27.5 Å². The number of unbranched alkanes of at least 4 members (excludes halogenated alkanes) is 1. The zero-order valence-electron chi connectivity index (χ0n) is 12.3. The van der Waals surface area contributed by atoms with Crippen LogP contribution in [-0.2, 0) is 0 Å². The monoisotopic (exact) mass is 395 g/mol. The Morgan fingerprint density at radius 3 is 2.95 bits per heavy atom. The molecule has 1 aliphatic rings. The van der Waals surface area contributed by atoms with Gasteiger partial charge in [0.15, 0.2) is 5.11 Å². The lowest BCUT2D eigenvalue weighted by molar-refractivity contribution is 0.317. The van der Waals surface area contributed by atoms with Crippen molar-refractivity contribution in [2.24, 2.45) is 0 Å². The van der Waals surface area contributed by atoms with Crippen LogP contribution < -0.4 is 5.32 Å². The number of nitrogens with one attached hydrogen (secondary N) is 1. The average molecular weight is 396 g/mol. The molecular formula is C16H18BrN3S2.